The molecule has 84 valence electrons. The second-order valence-electron chi connectivity index (χ2n) is 4.01. The number of carboxylic acid groups (broad SMARTS) is 1. The predicted molar refractivity (Wildman–Crippen MR) is 62.8 cm³/mol. The number of fused-ring (bicyclic) bond motifs is 3. The van der Waals surface area contributed by atoms with Gasteiger partial charge >= 0.3 is 0 Å². The Balaban J connectivity index is 2.51. The molecule has 0 N–H and O–H groups in total. The van der Waals surface area contributed by atoms with Crippen LogP contribution in [0.4, 0.5) is 0 Å². The molecule has 3 aromatic rings. The Bertz CT molecular complexity index is 738. The lowest BCUT2D eigenvalue weighted by Gasteiger charge is -1.97. The second kappa shape index (κ2) is 3.35. The van der Waals surface area contributed by atoms with Crippen LogP contribution < -0.4 is 5.11 Å². The van der Waals surface area contributed by atoms with Gasteiger partial charge in [0.2, 0.25) is 0 Å². The minimum absolute atomic E-state index is 0.0867. The van der Waals surface area contributed by atoms with Crippen molar-refractivity contribution in [1.82, 2.24) is 0 Å². The van der Waals surface area contributed by atoms with Crippen molar-refractivity contribution in [2.45, 2.75) is 6.92 Å². The number of furan rings is 1. The third kappa shape index (κ3) is 1.32. The van der Waals surface area contributed by atoms with E-state index < -0.39 is 5.97 Å². The Hall–Kier alpha value is -2.29. The summed E-state index contributed by atoms with van der Waals surface area (Å²) in [6, 6.07) is 11.6. The van der Waals surface area contributed by atoms with Crippen molar-refractivity contribution in [3.05, 3.63) is 47.7 Å². The van der Waals surface area contributed by atoms with Crippen LogP contribution >= 0.6 is 0 Å². The molecule has 0 bridgehead atoms. The van der Waals surface area contributed by atoms with Crippen LogP contribution in [0, 0.1) is 6.92 Å². The van der Waals surface area contributed by atoms with Crippen molar-refractivity contribution in [1.29, 1.82) is 0 Å². The first-order valence-corrected chi connectivity index (χ1v) is 5.30. The SMILES string of the molecule is Cc1c(C(=O)[O-])oc2c1ccc1ccccc12. The third-order valence-corrected chi connectivity index (χ3v) is 3.01. The van der Waals surface area contributed by atoms with Crippen LogP contribution in [0.1, 0.15) is 16.1 Å². The molecule has 0 aliphatic carbocycles. The van der Waals surface area contributed by atoms with Crippen molar-refractivity contribution in [3.63, 3.8) is 0 Å². The van der Waals surface area contributed by atoms with Crippen LogP contribution in [-0.4, -0.2) is 5.97 Å². The average molecular weight is 225 g/mol. The first-order valence-electron chi connectivity index (χ1n) is 5.30. The smallest absolute Gasteiger partial charge is 0.153 e. The number of hydrogen-bond donors (Lipinski definition) is 0. The number of carboxylic acids is 1. The highest BCUT2D eigenvalue weighted by atomic mass is 16.4. The molecule has 1 heterocycles. The molecular formula is C14H9O3-. The Labute approximate surface area is 97.3 Å². The predicted octanol–water partition coefficient (Wildman–Crippen LogP) is 2.26. The van der Waals surface area contributed by atoms with Crippen LogP contribution in [0.5, 0.6) is 0 Å². The van der Waals surface area contributed by atoms with E-state index in [0.717, 1.165) is 16.2 Å². The monoisotopic (exact) mass is 225 g/mol. The molecule has 0 spiro atoms. The summed E-state index contributed by atoms with van der Waals surface area (Å²) in [5.74, 6) is -1.36. The van der Waals surface area contributed by atoms with Crippen LogP contribution in [0.25, 0.3) is 21.7 Å². The van der Waals surface area contributed by atoms with Crippen LogP contribution in [-0.2, 0) is 0 Å². The van der Waals surface area contributed by atoms with E-state index in [-0.39, 0.29) is 5.76 Å². The second-order valence-corrected chi connectivity index (χ2v) is 4.01. The molecule has 2 aromatic carbocycles. The van der Waals surface area contributed by atoms with Gasteiger partial charge in [0.15, 0.2) is 5.76 Å². The summed E-state index contributed by atoms with van der Waals surface area (Å²) in [5, 5.41) is 13.7. The number of hydrogen-bond acceptors (Lipinski definition) is 3. The molecule has 0 aliphatic rings. The minimum atomic E-state index is -1.28. The first kappa shape index (κ1) is 9.90. The number of aryl methyl sites for hydroxylation is 1. The van der Waals surface area contributed by atoms with E-state index in [2.05, 4.69) is 0 Å². The van der Waals surface area contributed by atoms with E-state index in [0.29, 0.717) is 11.1 Å². The van der Waals surface area contributed by atoms with Crippen LogP contribution in [0.3, 0.4) is 0 Å². The van der Waals surface area contributed by atoms with E-state index in [1.165, 1.54) is 0 Å². The van der Waals surface area contributed by atoms with Gasteiger partial charge in [0.1, 0.15) is 11.6 Å². The molecule has 0 radical (unpaired) electrons. The topological polar surface area (TPSA) is 53.3 Å². The Morgan fingerprint density at radius 1 is 1.12 bits per heavy atom. The molecule has 0 unspecified atom stereocenters. The van der Waals surface area contributed by atoms with E-state index in [4.69, 9.17) is 4.42 Å². The maximum absolute atomic E-state index is 10.9. The van der Waals surface area contributed by atoms with Crippen LogP contribution in [0.15, 0.2) is 40.8 Å². The molecule has 1 aromatic heterocycles. The maximum atomic E-state index is 10.9. The number of carbonyl (C=O) groups is 1. The Kier molecular flexibility index (Phi) is 1.95. The molecule has 3 heteroatoms. The van der Waals surface area contributed by atoms with Gasteiger partial charge in [0, 0.05) is 16.3 Å². The zero-order valence-electron chi connectivity index (χ0n) is 9.19. The number of carbonyl (C=O) groups excluding carboxylic acids is 1. The van der Waals surface area contributed by atoms with Gasteiger partial charge < -0.3 is 14.3 Å². The zero-order chi connectivity index (χ0) is 12.0. The van der Waals surface area contributed by atoms with Crippen molar-refractivity contribution in [2.75, 3.05) is 0 Å². The molecule has 17 heavy (non-hydrogen) atoms. The van der Waals surface area contributed by atoms with Crippen molar-refractivity contribution < 1.29 is 14.3 Å². The van der Waals surface area contributed by atoms with Crippen molar-refractivity contribution >= 4 is 27.7 Å². The van der Waals surface area contributed by atoms with Gasteiger partial charge in [-0.15, -0.1) is 0 Å². The van der Waals surface area contributed by atoms with Crippen LogP contribution in [0.2, 0.25) is 0 Å². The molecule has 3 rings (SSSR count). The van der Waals surface area contributed by atoms with Gasteiger partial charge in [0.25, 0.3) is 0 Å². The lowest BCUT2D eigenvalue weighted by atomic mass is 10.1. The maximum Gasteiger partial charge on any atom is 0.153 e. The summed E-state index contributed by atoms with van der Waals surface area (Å²) in [6.45, 7) is 1.73. The highest BCUT2D eigenvalue weighted by molar-refractivity contribution is 6.07. The highest BCUT2D eigenvalue weighted by Crippen LogP contribution is 2.31. The first-order chi connectivity index (χ1) is 8.18. The fraction of sp³-hybridized carbons (Fsp3) is 0.0714. The molecule has 0 saturated carbocycles. The summed E-state index contributed by atoms with van der Waals surface area (Å²) < 4.78 is 5.41. The summed E-state index contributed by atoms with van der Waals surface area (Å²) in [4.78, 5) is 10.9. The fourth-order valence-electron chi connectivity index (χ4n) is 2.14. The molecule has 0 amide bonds. The third-order valence-electron chi connectivity index (χ3n) is 3.01. The molecule has 0 fully saturated rings. The molecule has 0 atom stereocenters. The Morgan fingerprint density at radius 2 is 1.88 bits per heavy atom. The lowest BCUT2D eigenvalue weighted by Crippen LogP contribution is -2.22. The lowest BCUT2D eigenvalue weighted by molar-refractivity contribution is -0.257. The van der Waals surface area contributed by atoms with Gasteiger partial charge in [-0.3, -0.25) is 0 Å². The fourth-order valence-corrected chi connectivity index (χ4v) is 2.14. The summed E-state index contributed by atoms with van der Waals surface area (Å²) in [7, 11) is 0. The normalized spacial score (nSPS) is 11.1. The van der Waals surface area contributed by atoms with E-state index in [1.54, 1.807) is 6.92 Å². The number of aromatic carboxylic acids is 1. The summed E-state index contributed by atoms with van der Waals surface area (Å²) in [5.41, 5.74) is 1.23. The molecular weight excluding hydrogens is 216 g/mol. The largest absolute Gasteiger partial charge is 0.542 e. The van der Waals surface area contributed by atoms with E-state index in [9.17, 15) is 9.90 Å². The van der Waals surface area contributed by atoms with Gasteiger partial charge in [0.05, 0.1) is 0 Å². The minimum Gasteiger partial charge on any atom is -0.542 e. The summed E-state index contributed by atoms with van der Waals surface area (Å²) >= 11 is 0. The van der Waals surface area contributed by atoms with Crippen molar-refractivity contribution in [3.8, 4) is 0 Å². The van der Waals surface area contributed by atoms with Gasteiger partial charge in [-0.25, -0.2) is 0 Å². The van der Waals surface area contributed by atoms with E-state index in [1.807, 2.05) is 36.4 Å². The number of rotatable bonds is 1. The average Bonchev–Trinajstić information content (AvgIpc) is 2.67. The summed E-state index contributed by atoms with van der Waals surface area (Å²) in [6.07, 6.45) is 0. The molecule has 3 nitrogen and oxygen atoms in total. The number of benzene rings is 2. The Morgan fingerprint density at radius 3 is 2.65 bits per heavy atom. The molecule has 0 aliphatic heterocycles. The van der Waals surface area contributed by atoms with Gasteiger partial charge in [-0.05, 0) is 12.3 Å². The van der Waals surface area contributed by atoms with Gasteiger partial charge in [-0.1, -0.05) is 36.4 Å². The zero-order valence-corrected chi connectivity index (χ0v) is 9.19. The quantitative estimate of drug-likeness (QED) is 0.638. The molecule has 0 saturated heterocycles. The standard InChI is InChI=1S/C14H10O3/c1-8-10-7-6-9-4-2-3-5-11(9)13(10)17-12(8)14(15)16/h2-7H,1H3,(H,15,16)/p-1. The highest BCUT2D eigenvalue weighted by Gasteiger charge is 2.13. The van der Waals surface area contributed by atoms with Gasteiger partial charge in [-0.2, -0.15) is 0 Å². The van der Waals surface area contributed by atoms with Crippen molar-refractivity contribution in [2.24, 2.45) is 0 Å². The van der Waals surface area contributed by atoms with E-state index >= 15 is 0 Å².